The molecule has 0 unspecified atom stereocenters. The molecule has 3 amide bonds. The number of halogens is 1. The van der Waals surface area contributed by atoms with Gasteiger partial charge in [-0.05, 0) is 23.8 Å². The number of nitrogens with one attached hydrogen (secondary N) is 2. The summed E-state index contributed by atoms with van der Waals surface area (Å²) in [4.78, 5) is 40.2. The van der Waals surface area contributed by atoms with Gasteiger partial charge in [-0.15, -0.1) is 0 Å². The van der Waals surface area contributed by atoms with Crippen molar-refractivity contribution in [2.24, 2.45) is 4.99 Å². The largest absolute Gasteiger partial charge is 0.352 e. The second-order valence-electron chi connectivity index (χ2n) is 6.15. The van der Waals surface area contributed by atoms with E-state index in [1.165, 1.54) is 0 Å². The number of nitrogens with zero attached hydrogens (tertiary/aromatic N) is 1. The summed E-state index contributed by atoms with van der Waals surface area (Å²) in [5.41, 5.74) is 1.55. The van der Waals surface area contributed by atoms with Gasteiger partial charge >= 0.3 is 0 Å². The minimum absolute atomic E-state index is 0.0192. The lowest BCUT2D eigenvalue weighted by Gasteiger charge is -2.09. The van der Waals surface area contributed by atoms with Crippen LogP contribution in [-0.2, 0) is 20.9 Å². The zero-order valence-electron chi connectivity index (χ0n) is 14.9. The van der Waals surface area contributed by atoms with Gasteiger partial charge in [0.15, 0.2) is 0 Å². The Morgan fingerprint density at radius 1 is 1.07 bits per heavy atom. The van der Waals surface area contributed by atoms with Gasteiger partial charge < -0.3 is 10.6 Å². The van der Waals surface area contributed by atoms with Crippen LogP contribution in [0.1, 0.15) is 18.4 Å². The van der Waals surface area contributed by atoms with Crippen molar-refractivity contribution >= 4 is 51.8 Å². The molecule has 0 saturated heterocycles. The minimum Gasteiger partial charge on any atom is -0.352 e. The van der Waals surface area contributed by atoms with Gasteiger partial charge in [0.1, 0.15) is 5.25 Å². The molecule has 0 spiro atoms. The summed E-state index contributed by atoms with van der Waals surface area (Å²) in [6, 6.07) is 16.3. The number of hydrogen-bond donors (Lipinski definition) is 2. The highest BCUT2D eigenvalue weighted by Gasteiger charge is 2.31. The molecule has 3 rings (SSSR count). The first-order valence-electron chi connectivity index (χ1n) is 8.64. The number of aliphatic imine (C=N–C) groups is 1. The summed E-state index contributed by atoms with van der Waals surface area (Å²) in [6.07, 6.45) is 0.00427. The lowest BCUT2D eigenvalue weighted by molar-refractivity contribution is -0.121. The maximum Gasteiger partial charge on any atom is 0.260 e. The van der Waals surface area contributed by atoms with E-state index in [2.05, 4.69) is 15.6 Å². The first kappa shape index (κ1) is 20.1. The quantitative estimate of drug-likeness (QED) is 0.725. The van der Waals surface area contributed by atoms with Crippen LogP contribution >= 0.6 is 23.4 Å². The molecule has 2 aromatic carbocycles. The van der Waals surface area contributed by atoms with Gasteiger partial charge in [0.2, 0.25) is 11.8 Å². The van der Waals surface area contributed by atoms with Crippen LogP contribution in [0.15, 0.2) is 59.6 Å². The molecule has 6 nitrogen and oxygen atoms in total. The molecule has 1 atom stereocenters. The Morgan fingerprint density at radius 3 is 2.61 bits per heavy atom. The van der Waals surface area contributed by atoms with Crippen molar-refractivity contribution in [1.29, 1.82) is 0 Å². The predicted molar refractivity (Wildman–Crippen MR) is 111 cm³/mol. The topological polar surface area (TPSA) is 87.6 Å². The molecule has 0 aliphatic carbocycles. The zero-order valence-corrected chi connectivity index (χ0v) is 16.4. The number of rotatable bonds is 7. The van der Waals surface area contributed by atoms with Crippen molar-refractivity contribution in [3.05, 3.63) is 65.2 Å². The number of hydrogen-bond acceptors (Lipinski definition) is 4. The van der Waals surface area contributed by atoms with Crippen molar-refractivity contribution in [2.75, 3.05) is 5.32 Å². The second kappa shape index (κ2) is 9.52. The van der Waals surface area contributed by atoms with Crippen molar-refractivity contribution in [3.8, 4) is 0 Å². The highest BCUT2D eigenvalue weighted by atomic mass is 35.5. The third-order valence-electron chi connectivity index (χ3n) is 3.91. The number of thioether (sulfide) groups is 1. The Morgan fingerprint density at radius 2 is 1.86 bits per heavy atom. The van der Waals surface area contributed by atoms with Crippen LogP contribution in [0.25, 0.3) is 0 Å². The molecule has 8 heteroatoms. The number of amides is 3. The van der Waals surface area contributed by atoms with E-state index in [1.54, 1.807) is 24.3 Å². The molecule has 0 fully saturated rings. The van der Waals surface area contributed by atoms with E-state index in [0.29, 0.717) is 22.3 Å². The van der Waals surface area contributed by atoms with Gasteiger partial charge in [0.25, 0.3) is 5.91 Å². The fraction of sp³-hybridized carbons (Fsp3) is 0.200. The molecule has 1 heterocycles. The van der Waals surface area contributed by atoms with Gasteiger partial charge in [-0.2, -0.15) is 0 Å². The van der Waals surface area contributed by atoms with Crippen LogP contribution in [0.5, 0.6) is 0 Å². The van der Waals surface area contributed by atoms with Gasteiger partial charge in [-0.1, -0.05) is 59.8 Å². The summed E-state index contributed by atoms with van der Waals surface area (Å²) < 4.78 is 0. The Hall–Kier alpha value is -2.64. The standard InChI is InChI=1S/C20H18ClN3O3S/c21-14-7-4-8-15(9-14)23-18(26)10-16-20(27)24-19(28-16)11-17(25)22-12-13-5-2-1-3-6-13/h1-9,16H,10-12H2,(H,22,25)(H,23,26)/t16-/m0/s1. The molecule has 1 aliphatic heterocycles. The van der Waals surface area contributed by atoms with E-state index in [9.17, 15) is 14.4 Å². The van der Waals surface area contributed by atoms with Crippen molar-refractivity contribution < 1.29 is 14.4 Å². The Kier molecular flexibility index (Phi) is 6.84. The summed E-state index contributed by atoms with van der Waals surface area (Å²) in [7, 11) is 0. The minimum atomic E-state index is -0.615. The molecule has 144 valence electrons. The van der Waals surface area contributed by atoms with E-state index in [4.69, 9.17) is 11.6 Å². The number of benzene rings is 2. The third-order valence-corrected chi connectivity index (χ3v) is 5.31. The number of anilines is 1. The molecule has 2 N–H and O–H groups in total. The molecule has 28 heavy (non-hydrogen) atoms. The lowest BCUT2D eigenvalue weighted by atomic mass is 10.2. The van der Waals surface area contributed by atoms with E-state index in [-0.39, 0.29) is 24.7 Å². The van der Waals surface area contributed by atoms with E-state index < -0.39 is 11.2 Å². The highest BCUT2D eigenvalue weighted by molar-refractivity contribution is 8.15. The first-order valence-corrected chi connectivity index (χ1v) is 9.89. The van der Waals surface area contributed by atoms with E-state index in [0.717, 1.165) is 17.3 Å². The molecule has 0 aromatic heterocycles. The first-order chi connectivity index (χ1) is 13.5. The van der Waals surface area contributed by atoms with Crippen LogP contribution < -0.4 is 10.6 Å². The average Bonchev–Trinajstić information content (AvgIpc) is 2.99. The van der Waals surface area contributed by atoms with Crippen molar-refractivity contribution in [3.63, 3.8) is 0 Å². The van der Waals surface area contributed by atoms with Gasteiger partial charge in [0.05, 0.1) is 11.5 Å². The van der Waals surface area contributed by atoms with Crippen molar-refractivity contribution in [1.82, 2.24) is 5.32 Å². The fourth-order valence-corrected chi connectivity index (χ4v) is 3.85. The number of carbonyl (C=O) groups excluding carboxylic acids is 3. The van der Waals surface area contributed by atoms with Crippen LogP contribution in [0.2, 0.25) is 5.02 Å². The van der Waals surface area contributed by atoms with E-state index in [1.807, 2.05) is 30.3 Å². The summed E-state index contributed by atoms with van der Waals surface area (Å²) >= 11 is 7.05. The van der Waals surface area contributed by atoms with Crippen LogP contribution in [-0.4, -0.2) is 28.0 Å². The maximum absolute atomic E-state index is 12.2. The Labute approximate surface area is 171 Å². The summed E-state index contributed by atoms with van der Waals surface area (Å²) in [5, 5.41) is 5.83. The van der Waals surface area contributed by atoms with Gasteiger partial charge in [-0.25, -0.2) is 4.99 Å². The zero-order chi connectivity index (χ0) is 19.9. The molecule has 2 aromatic rings. The molecule has 0 saturated carbocycles. The Balaban J connectivity index is 1.45. The third kappa shape index (κ3) is 5.94. The van der Waals surface area contributed by atoms with Crippen LogP contribution in [0.3, 0.4) is 0 Å². The fourth-order valence-electron chi connectivity index (χ4n) is 2.59. The SMILES string of the molecule is O=C(CC1=NC(=O)[C@H](CC(=O)Nc2cccc(Cl)c2)S1)NCc1ccccc1. The average molecular weight is 416 g/mol. The molecule has 1 aliphatic rings. The van der Waals surface area contributed by atoms with Crippen LogP contribution in [0.4, 0.5) is 5.69 Å². The summed E-state index contributed by atoms with van der Waals surface area (Å²) in [6.45, 7) is 0.414. The van der Waals surface area contributed by atoms with Crippen molar-refractivity contribution in [2.45, 2.75) is 24.6 Å². The maximum atomic E-state index is 12.2. The van der Waals surface area contributed by atoms with E-state index >= 15 is 0 Å². The summed E-state index contributed by atoms with van der Waals surface area (Å²) in [5.74, 6) is -0.915. The monoisotopic (exact) mass is 415 g/mol. The second-order valence-corrected chi connectivity index (χ2v) is 7.86. The molecular formula is C20H18ClN3O3S. The smallest absolute Gasteiger partial charge is 0.260 e. The highest BCUT2D eigenvalue weighted by Crippen LogP contribution is 2.27. The van der Waals surface area contributed by atoms with Crippen LogP contribution in [0, 0.1) is 0 Å². The molecular weight excluding hydrogens is 398 g/mol. The molecule has 0 bridgehead atoms. The Bertz CT molecular complexity index is 918. The van der Waals surface area contributed by atoms with Gasteiger partial charge in [0, 0.05) is 23.7 Å². The molecule has 0 radical (unpaired) electrons. The number of carbonyl (C=O) groups is 3. The van der Waals surface area contributed by atoms with Gasteiger partial charge in [-0.3, -0.25) is 14.4 Å². The lowest BCUT2D eigenvalue weighted by Crippen LogP contribution is -2.24. The predicted octanol–water partition coefficient (Wildman–Crippen LogP) is 3.42. The normalized spacial score (nSPS) is 15.8.